The number of benzene rings is 2. The fourth-order valence-corrected chi connectivity index (χ4v) is 2.59. The van der Waals surface area contributed by atoms with E-state index in [1.807, 2.05) is 55.5 Å². The second-order valence-electron chi connectivity index (χ2n) is 5.43. The highest BCUT2D eigenvalue weighted by atomic mass is 16.5. The fraction of sp³-hybridized carbons (Fsp3) is 0.111. The lowest BCUT2D eigenvalue weighted by atomic mass is 10.1. The molecule has 22 heavy (non-hydrogen) atoms. The van der Waals surface area contributed by atoms with Gasteiger partial charge in [-0.05, 0) is 30.7 Å². The first kappa shape index (κ1) is 12.8. The average Bonchev–Trinajstić information content (AvgIpc) is 2.93. The quantitative estimate of drug-likeness (QED) is 0.691. The number of para-hydroxylation sites is 1. The highest BCUT2D eigenvalue weighted by molar-refractivity contribution is 5.77. The molecule has 0 bridgehead atoms. The molecule has 2 aromatic carbocycles. The van der Waals surface area contributed by atoms with Gasteiger partial charge in [-0.3, -0.25) is 9.36 Å². The Morgan fingerprint density at radius 2 is 1.91 bits per heavy atom. The lowest BCUT2D eigenvalue weighted by Crippen LogP contribution is -2.18. The highest BCUT2D eigenvalue weighted by Crippen LogP contribution is 2.23. The third-order valence-electron chi connectivity index (χ3n) is 3.77. The summed E-state index contributed by atoms with van der Waals surface area (Å²) < 4.78 is 7.31. The Morgan fingerprint density at radius 3 is 2.73 bits per heavy atom. The molecular formula is C18H14N2O2. The van der Waals surface area contributed by atoms with Crippen LogP contribution < -0.4 is 10.3 Å². The molecule has 4 rings (SSSR count). The molecule has 1 aliphatic heterocycles. The third-order valence-corrected chi connectivity index (χ3v) is 3.77. The van der Waals surface area contributed by atoms with E-state index in [0.717, 1.165) is 11.3 Å². The van der Waals surface area contributed by atoms with Crippen molar-refractivity contribution in [1.29, 1.82) is 0 Å². The van der Waals surface area contributed by atoms with Crippen molar-refractivity contribution in [3.05, 3.63) is 75.8 Å². The van der Waals surface area contributed by atoms with Crippen LogP contribution in [0.2, 0.25) is 0 Å². The molecule has 1 aromatic heterocycles. The molecular weight excluding hydrogens is 276 g/mol. The minimum absolute atomic E-state index is 0.0621. The lowest BCUT2D eigenvalue weighted by molar-refractivity contribution is 0.433. The second kappa shape index (κ2) is 4.84. The Morgan fingerprint density at radius 1 is 1.14 bits per heavy atom. The molecule has 0 spiro atoms. The molecule has 0 amide bonds. The van der Waals surface area contributed by atoms with Gasteiger partial charge in [0.15, 0.2) is 0 Å². The first-order valence-corrected chi connectivity index (χ1v) is 7.15. The summed E-state index contributed by atoms with van der Waals surface area (Å²) in [5.74, 6) is 0.726. The predicted molar refractivity (Wildman–Crippen MR) is 85.8 cm³/mol. The van der Waals surface area contributed by atoms with Crippen molar-refractivity contribution in [3.8, 4) is 6.01 Å². The van der Waals surface area contributed by atoms with Gasteiger partial charge in [0, 0.05) is 0 Å². The molecule has 0 saturated carbocycles. The standard InChI is InChI=1S/C18H14N2O2/c1-12-6-8-13(9-7-12)10-14-11-20-17(21)15-4-2-3-5-16(15)19-18(20)22-14/h2-10H,11H2,1H3/b14-10-. The smallest absolute Gasteiger partial charge is 0.305 e. The normalized spacial score (nSPS) is 15.0. The number of aromatic nitrogens is 2. The average molecular weight is 290 g/mol. The minimum Gasteiger partial charge on any atom is -0.428 e. The first-order chi connectivity index (χ1) is 10.7. The minimum atomic E-state index is -0.0621. The van der Waals surface area contributed by atoms with Crippen molar-refractivity contribution in [2.75, 3.05) is 0 Å². The van der Waals surface area contributed by atoms with Gasteiger partial charge in [0.25, 0.3) is 5.56 Å². The van der Waals surface area contributed by atoms with Gasteiger partial charge in [-0.15, -0.1) is 0 Å². The highest BCUT2D eigenvalue weighted by Gasteiger charge is 2.21. The molecule has 3 aromatic rings. The number of hydrogen-bond donors (Lipinski definition) is 0. The van der Waals surface area contributed by atoms with Crippen molar-refractivity contribution in [2.24, 2.45) is 0 Å². The van der Waals surface area contributed by atoms with Gasteiger partial charge in [0.05, 0.1) is 17.4 Å². The van der Waals surface area contributed by atoms with Crippen molar-refractivity contribution in [2.45, 2.75) is 13.5 Å². The summed E-state index contributed by atoms with van der Waals surface area (Å²) in [6.07, 6.45) is 1.94. The summed E-state index contributed by atoms with van der Waals surface area (Å²) in [5, 5.41) is 0.617. The maximum Gasteiger partial charge on any atom is 0.305 e. The van der Waals surface area contributed by atoms with Gasteiger partial charge >= 0.3 is 6.01 Å². The summed E-state index contributed by atoms with van der Waals surface area (Å²) in [7, 11) is 0. The van der Waals surface area contributed by atoms with Crippen LogP contribution in [0.4, 0.5) is 0 Å². The maximum atomic E-state index is 12.5. The van der Waals surface area contributed by atoms with E-state index < -0.39 is 0 Å². The molecule has 0 aliphatic carbocycles. The SMILES string of the molecule is Cc1ccc(/C=C2/Cn3c(nc4ccccc4c3=O)O2)cc1. The molecule has 4 heteroatoms. The van der Waals surface area contributed by atoms with Crippen LogP contribution in [0.15, 0.2) is 59.1 Å². The van der Waals surface area contributed by atoms with E-state index in [2.05, 4.69) is 4.98 Å². The molecule has 0 atom stereocenters. The number of hydrogen-bond acceptors (Lipinski definition) is 3. The summed E-state index contributed by atoms with van der Waals surface area (Å²) in [6.45, 7) is 2.47. The van der Waals surface area contributed by atoms with Crippen molar-refractivity contribution < 1.29 is 4.74 Å². The zero-order valence-electron chi connectivity index (χ0n) is 12.1. The van der Waals surface area contributed by atoms with Crippen LogP contribution >= 0.6 is 0 Å². The number of rotatable bonds is 1. The summed E-state index contributed by atoms with van der Waals surface area (Å²) in [4.78, 5) is 16.9. The van der Waals surface area contributed by atoms with Crippen LogP contribution in [-0.4, -0.2) is 9.55 Å². The molecule has 0 radical (unpaired) electrons. The predicted octanol–water partition coefficient (Wildman–Crippen LogP) is 3.14. The zero-order chi connectivity index (χ0) is 15.1. The van der Waals surface area contributed by atoms with Crippen LogP contribution in [0.3, 0.4) is 0 Å². The van der Waals surface area contributed by atoms with E-state index in [9.17, 15) is 4.79 Å². The topological polar surface area (TPSA) is 44.1 Å². The Kier molecular flexibility index (Phi) is 2.82. The Labute approximate surface area is 127 Å². The van der Waals surface area contributed by atoms with Crippen molar-refractivity contribution in [3.63, 3.8) is 0 Å². The first-order valence-electron chi connectivity index (χ1n) is 7.15. The van der Waals surface area contributed by atoms with E-state index in [4.69, 9.17) is 4.74 Å². The Bertz CT molecular complexity index is 953. The molecule has 0 saturated heterocycles. The molecule has 1 aliphatic rings. The van der Waals surface area contributed by atoms with Gasteiger partial charge in [0.1, 0.15) is 5.76 Å². The van der Waals surface area contributed by atoms with Crippen LogP contribution in [0.25, 0.3) is 17.0 Å². The number of fused-ring (bicyclic) bond motifs is 2. The maximum absolute atomic E-state index is 12.5. The lowest BCUT2D eigenvalue weighted by Gasteiger charge is -2.01. The van der Waals surface area contributed by atoms with E-state index in [0.29, 0.717) is 23.5 Å². The largest absolute Gasteiger partial charge is 0.428 e. The van der Waals surface area contributed by atoms with Gasteiger partial charge in [0.2, 0.25) is 0 Å². The number of aryl methyl sites for hydroxylation is 1. The summed E-state index contributed by atoms with van der Waals surface area (Å²) >= 11 is 0. The van der Waals surface area contributed by atoms with Gasteiger partial charge in [-0.2, -0.15) is 4.98 Å². The molecule has 0 unspecified atom stereocenters. The Balaban J connectivity index is 1.77. The van der Waals surface area contributed by atoms with Crippen LogP contribution in [0.5, 0.6) is 6.01 Å². The van der Waals surface area contributed by atoms with Gasteiger partial charge in [-0.25, -0.2) is 0 Å². The van der Waals surface area contributed by atoms with Crippen LogP contribution in [0.1, 0.15) is 11.1 Å². The second-order valence-corrected chi connectivity index (χ2v) is 5.43. The third kappa shape index (κ3) is 2.09. The van der Waals surface area contributed by atoms with E-state index in [-0.39, 0.29) is 5.56 Å². The Hall–Kier alpha value is -2.88. The molecule has 0 N–H and O–H groups in total. The van der Waals surface area contributed by atoms with E-state index >= 15 is 0 Å². The van der Waals surface area contributed by atoms with Crippen molar-refractivity contribution in [1.82, 2.24) is 9.55 Å². The number of nitrogens with zero attached hydrogens (tertiary/aromatic N) is 2. The van der Waals surface area contributed by atoms with E-state index in [1.54, 1.807) is 10.6 Å². The zero-order valence-corrected chi connectivity index (χ0v) is 12.1. The molecule has 2 heterocycles. The van der Waals surface area contributed by atoms with Crippen LogP contribution in [0, 0.1) is 6.92 Å². The van der Waals surface area contributed by atoms with E-state index in [1.165, 1.54) is 5.56 Å². The van der Waals surface area contributed by atoms with Gasteiger partial charge < -0.3 is 4.74 Å². The number of allylic oxidation sites excluding steroid dienone is 1. The van der Waals surface area contributed by atoms with Crippen molar-refractivity contribution >= 4 is 17.0 Å². The molecule has 0 fully saturated rings. The molecule has 4 nitrogen and oxygen atoms in total. The fourth-order valence-electron chi connectivity index (χ4n) is 2.59. The van der Waals surface area contributed by atoms with Crippen LogP contribution in [-0.2, 0) is 6.54 Å². The molecule has 108 valence electrons. The summed E-state index contributed by atoms with van der Waals surface area (Å²) in [6, 6.07) is 15.8. The number of ether oxygens (including phenoxy) is 1. The summed E-state index contributed by atoms with van der Waals surface area (Å²) in [5.41, 5.74) is 2.86. The monoisotopic (exact) mass is 290 g/mol. The van der Waals surface area contributed by atoms with Gasteiger partial charge in [-0.1, -0.05) is 42.0 Å².